The van der Waals surface area contributed by atoms with Gasteiger partial charge in [-0.1, -0.05) is 6.92 Å². The summed E-state index contributed by atoms with van der Waals surface area (Å²) < 4.78 is 5.89. The number of nitrogens with zero attached hydrogens (tertiary/aromatic N) is 1. The van der Waals surface area contributed by atoms with Crippen LogP contribution in [0.1, 0.15) is 25.3 Å². The maximum Gasteiger partial charge on any atom is 0.255 e. The summed E-state index contributed by atoms with van der Waals surface area (Å²) in [6.07, 6.45) is 5.59. The van der Waals surface area contributed by atoms with E-state index in [1.165, 1.54) is 0 Å². The van der Waals surface area contributed by atoms with Crippen LogP contribution in [0.2, 0.25) is 0 Å². The molecule has 0 unspecified atom stereocenters. The first-order chi connectivity index (χ1) is 12.2. The van der Waals surface area contributed by atoms with Crippen LogP contribution < -0.4 is 15.6 Å². The molecular formula is C19H19N3O3. The topological polar surface area (TPSA) is 84.1 Å². The first kappa shape index (κ1) is 15.6. The molecular weight excluding hydrogens is 318 g/mol. The van der Waals surface area contributed by atoms with Gasteiger partial charge in [0, 0.05) is 29.6 Å². The molecule has 1 fully saturated rings. The van der Waals surface area contributed by atoms with E-state index in [2.05, 4.69) is 22.2 Å². The van der Waals surface area contributed by atoms with Gasteiger partial charge < -0.3 is 15.0 Å². The first-order valence-corrected chi connectivity index (χ1v) is 8.51. The quantitative estimate of drug-likeness (QED) is 0.716. The van der Waals surface area contributed by atoms with E-state index < -0.39 is 0 Å². The Bertz CT molecular complexity index is 1030. The Morgan fingerprint density at radius 2 is 2.12 bits per heavy atom. The third kappa shape index (κ3) is 2.84. The summed E-state index contributed by atoms with van der Waals surface area (Å²) >= 11 is 0. The standard InChI is InChI=1S/C19H19N3O3/c1-2-11-9-21-18(24)16-7-12-5-6-20-19(15(12)8-14(11)16)25-10-13-3-4-17(23)22-13/h5-9,13H,2-4,10H2,1H3,(H,21,24)(H,22,23)/t13-/m0/s1. The maximum absolute atomic E-state index is 12.2. The molecule has 1 aromatic carbocycles. The zero-order valence-electron chi connectivity index (χ0n) is 14.0. The van der Waals surface area contributed by atoms with E-state index in [1.54, 1.807) is 12.4 Å². The summed E-state index contributed by atoms with van der Waals surface area (Å²) in [6.45, 7) is 2.45. The van der Waals surface area contributed by atoms with Crippen molar-refractivity contribution in [2.45, 2.75) is 32.2 Å². The number of benzene rings is 1. The van der Waals surface area contributed by atoms with E-state index in [4.69, 9.17) is 4.74 Å². The Morgan fingerprint density at radius 1 is 1.24 bits per heavy atom. The van der Waals surface area contributed by atoms with Crippen LogP contribution in [0.15, 0.2) is 35.4 Å². The first-order valence-electron chi connectivity index (χ1n) is 8.51. The number of amides is 1. The average molecular weight is 337 g/mol. The highest BCUT2D eigenvalue weighted by Gasteiger charge is 2.21. The molecule has 6 nitrogen and oxygen atoms in total. The van der Waals surface area contributed by atoms with Crippen LogP contribution in [0.25, 0.3) is 21.5 Å². The van der Waals surface area contributed by atoms with Crippen molar-refractivity contribution in [2.24, 2.45) is 0 Å². The number of hydrogen-bond acceptors (Lipinski definition) is 4. The van der Waals surface area contributed by atoms with Crippen molar-refractivity contribution in [1.82, 2.24) is 15.3 Å². The Morgan fingerprint density at radius 3 is 2.88 bits per heavy atom. The van der Waals surface area contributed by atoms with E-state index >= 15 is 0 Å². The second-order valence-corrected chi connectivity index (χ2v) is 6.35. The Kier molecular flexibility index (Phi) is 3.87. The van der Waals surface area contributed by atoms with Crippen molar-refractivity contribution >= 4 is 27.5 Å². The van der Waals surface area contributed by atoms with Crippen LogP contribution >= 0.6 is 0 Å². The number of carbonyl (C=O) groups is 1. The highest BCUT2D eigenvalue weighted by molar-refractivity contribution is 6.01. The number of rotatable bonds is 4. The number of hydrogen-bond donors (Lipinski definition) is 2. The van der Waals surface area contributed by atoms with Gasteiger partial charge in [0.2, 0.25) is 11.8 Å². The van der Waals surface area contributed by atoms with Gasteiger partial charge >= 0.3 is 0 Å². The highest BCUT2D eigenvalue weighted by atomic mass is 16.5. The lowest BCUT2D eigenvalue weighted by Gasteiger charge is -2.13. The van der Waals surface area contributed by atoms with Crippen LogP contribution in [0.5, 0.6) is 5.88 Å². The Balaban J connectivity index is 1.77. The summed E-state index contributed by atoms with van der Waals surface area (Å²) in [5, 5.41) is 6.27. The van der Waals surface area contributed by atoms with Crippen LogP contribution in [0, 0.1) is 0 Å². The predicted molar refractivity (Wildman–Crippen MR) is 95.9 cm³/mol. The van der Waals surface area contributed by atoms with Crippen LogP contribution in [-0.2, 0) is 11.2 Å². The minimum atomic E-state index is -0.0953. The second kappa shape index (κ2) is 6.20. The molecule has 4 rings (SSSR count). The van der Waals surface area contributed by atoms with Crippen LogP contribution in [-0.4, -0.2) is 28.5 Å². The zero-order chi connectivity index (χ0) is 17.4. The highest BCUT2D eigenvalue weighted by Crippen LogP contribution is 2.29. The smallest absolute Gasteiger partial charge is 0.255 e. The summed E-state index contributed by atoms with van der Waals surface area (Å²) in [7, 11) is 0. The summed E-state index contributed by atoms with van der Waals surface area (Å²) in [5.41, 5.74) is 0.983. The number of aromatic amines is 1. The van der Waals surface area contributed by atoms with Crippen molar-refractivity contribution in [3.63, 3.8) is 0 Å². The van der Waals surface area contributed by atoms with Crippen molar-refractivity contribution in [1.29, 1.82) is 0 Å². The van der Waals surface area contributed by atoms with Gasteiger partial charge in [0.25, 0.3) is 5.56 Å². The molecule has 1 amide bonds. The predicted octanol–water partition coefficient (Wildman–Crippen LogP) is 2.30. The van der Waals surface area contributed by atoms with Gasteiger partial charge in [-0.2, -0.15) is 0 Å². The molecule has 0 bridgehead atoms. The van der Waals surface area contributed by atoms with Crippen molar-refractivity contribution in [2.75, 3.05) is 6.61 Å². The van der Waals surface area contributed by atoms with Gasteiger partial charge in [0.15, 0.2) is 0 Å². The van der Waals surface area contributed by atoms with Gasteiger partial charge in [-0.15, -0.1) is 0 Å². The summed E-state index contributed by atoms with van der Waals surface area (Å²) in [4.78, 5) is 30.6. The van der Waals surface area contributed by atoms with E-state index in [0.717, 1.165) is 34.6 Å². The zero-order valence-corrected chi connectivity index (χ0v) is 14.0. The number of H-pyrrole nitrogens is 1. The molecule has 1 atom stereocenters. The van der Waals surface area contributed by atoms with E-state index in [9.17, 15) is 9.59 Å². The van der Waals surface area contributed by atoms with Gasteiger partial charge in [-0.3, -0.25) is 9.59 Å². The molecule has 1 aliphatic heterocycles. The number of aryl methyl sites for hydroxylation is 1. The fraction of sp³-hybridized carbons (Fsp3) is 0.316. The minimum absolute atomic E-state index is 0.0269. The van der Waals surface area contributed by atoms with Gasteiger partial charge in [0.05, 0.1) is 6.04 Å². The molecule has 6 heteroatoms. The number of nitrogens with one attached hydrogen (secondary N) is 2. The number of aromatic nitrogens is 2. The monoisotopic (exact) mass is 337 g/mol. The van der Waals surface area contributed by atoms with Crippen molar-refractivity contribution in [3.8, 4) is 5.88 Å². The molecule has 25 heavy (non-hydrogen) atoms. The fourth-order valence-corrected chi connectivity index (χ4v) is 3.35. The molecule has 0 saturated carbocycles. The summed E-state index contributed by atoms with van der Waals surface area (Å²) in [5.74, 6) is 0.597. The molecule has 128 valence electrons. The third-order valence-corrected chi connectivity index (χ3v) is 4.72. The molecule has 0 aliphatic carbocycles. The number of ether oxygens (including phenoxy) is 1. The molecule has 2 aromatic heterocycles. The lowest BCUT2D eigenvalue weighted by Crippen LogP contribution is -2.31. The maximum atomic E-state index is 12.2. The molecule has 2 N–H and O–H groups in total. The SMILES string of the molecule is CCc1c[nH]c(=O)c2cc3ccnc(OC[C@@H]4CCC(=O)N4)c3cc12. The lowest BCUT2D eigenvalue weighted by molar-refractivity contribution is -0.119. The molecule has 0 spiro atoms. The van der Waals surface area contributed by atoms with Gasteiger partial charge in [0.1, 0.15) is 6.61 Å². The third-order valence-electron chi connectivity index (χ3n) is 4.72. The van der Waals surface area contributed by atoms with Crippen molar-refractivity contribution in [3.05, 3.63) is 46.5 Å². The lowest BCUT2D eigenvalue weighted by atomic mass is 10.0. The van der Waals surface area contributed by atoms with Gasteiger partial charge in [-0.05, 0) is 47.4 Å². The van der Waals surface area contributed by atoms with Gasteiger partial charge in [-0.25, -0.2) is 4.98 Å². The number of carbonyl (C=O) groups excluding carboxylic acids is 1. The van der Waals surface area contributed by atoms with E-state index in [0.29, 0.717) is 24.3 Å². The van der Waals surface area contributed by atoms with Crippen LogP contribution in [0.4, 0.5) is 0 Å². The minimum Gasteiger partial charge on any atom is -0.475 e. The molecule has 3 aromatic rings. The van der Waals surface area contributed by atoms with E-state index in [-0.39, 0.29) is 17.5 Å². The molecule has 3 heterocycles. The van der Waals surface area contributed by atoms with Crippen LogP contribution in [0.3, 0.4) is 0 Å². The fourth-order valence-electron chi connectivity index (χ4n) is 3.35. The largest absolute Gasteiger partial charge is 0.475 e. The average Bonchev–Trinajstić information content (AvgIpc) is 3.04. The second-order valence-electron chi connectivity index (χ2n) is 6.35. The number of fused-ring (bicyclic) bond motifs is 2. The van der Waals surface area contributed by atoms with E-state index in [1.807, 2.05) is 18.2 Å². The summed E-state index contributed by atoms with van der Waals surface area (Å²) in [6, 6.07) is 5.76. The Labute approximate surface area is 144 Å². The van der Waals surface area contributed by atoms with Crippen molar-refractivity contribution < 1.29 is 9.53 Å². The normalized spacial score (nSPS) is 17.2. The molecule has 0 radical (unpaired) electrons. The molecule has 1 aliphatic rings. The number of pyridine rings is 2. The molecule has 1 saturated heterocycles. The Hall–Kier alpha value is -2.89.